The molecule has 0 aliphatic carbocycles. The first-order chi connectivity index (χ1) is 28.7. The molecule has 316 valence electrons. The molecule has 0 fully saturated rings. The van der Waals surface area contributed by atoms with Gasteiger partial charge in [-0.2, -0.15) is 5.10 Å². The molecule has 15 heteroatoms. The van der Waals surface area contributed by atoms with Crippen LogP contribution in [0.3, 0.4) is 0 Å². The van der Waals surface area contributed by atoms with Gasteiger partial charge in [0.1, 0.15) is 23.8 Å². The van der Waals surface area contributed by atoms with Crippen LogP contribution < -0.4 is 15.8 Å². The number of carboxylic acids is 1. The number of hydrogen-bond donors (Lipinski definition) is 3. The largest absolute Gasteiger partial charge is 0.494 e. The van der Waals surface area contributed by atoms with Crippen LogP contribution in [0, 0.1) is 27.7 Å². The number of carbonyl (C=O) groups is 5. The van der Waals surface area contributed by atoms with Gasteiger partial charge < -0.3 is 35.0 Å². The fourth-order valence-electron chi connectivity index (χ4n) is 8.29. The van der Waals surface area contributed by atoms with Crippen molar-refractivity contribution in [3.63, 3.8) is 0 Å². The number of nitrogens with one attached hydrogen (secondary N) is 1. The zero-order valence-corrected chi connectivity index (χ0v) is 35.6. The molecule has 0 radical (unpaired) electrons. The van der Waals surface area contributed by atoms with Crippen LogP contribution >= 0.6 is 11.6 Å². The lowest BCUT2D eigenvalue weighted by Gasteiger charge is -2.24. The SMILES string of the molecule is CNC(=O)C(CCC=O)N1C(=O)c2cc(CCOCCCn3c(C(=O)O)c(CCCOc4cc(C)c(Cl)c(C)c4)c4cccc(-c5c(C)nn(C)c5C)c43)cc(N)c2C1=O. The predicted molar refractivity (Wildman–Crippen MR) is 229 cm³/mol. The molecule has 4 N–H and O–H groups in total. The van der Waals surface area contributed by atoms with Gasteiger partial charge >= 0.3 is 5.97 Å². The number of halogens is 1. The number of nitrogens with zero attached hydrogens (tertiary/aromatic N) is 4. The monoisotopic (exact) mass is 838 g/mol. The summed E-state index contributed by atoms with van der Waals surface area (Å²) in [6, 6.07) is 11.8. The molecule has 0 saturated carbocycles. The Hall–Kier alpha value is -5.99. The van der Waals surface area contributed by atoms with Crippen molar-refractivity contribution in [1.29, 1.82) is 0 Å². The number of ether oxygens (including phenoxy) is 2. The maximum Gasteiger partial charge on any atom is 0.352 e. The molecular weight excluding hydrogens is 788 g/mol. The number of nitrogen functional groups attached to an aromatic ring is 1. The van der Waals surface area contributed by atoms with Crippen molar-refractivity contribution >= 4 is 58.2 Å². The van der Waals surface area contributed by atoms with Crippen molar-refractivity contribution in [2.45, 2.75) is 78.8 Å². The third-order valence-corrected chi connectivity index (χ3v) is 11.7. The van der Waals surface area contributed by atoms with Gasteiger partial charge in [0.2, 0.25) is 5.91 Å². The van der Waals surface area contributed by atoms with E-state index in [2.05, 4.69) is 10.4 Å². The number of amides is 3. The maximum absolute atomic E-state index is 13.5. The van der Waals surface area contributed by atoms with E-state index in [0.717, 1.165) is 55.0 Å². The number of carboxylic acid groups (broad SMARTS) is 1. The number of likely N-dealkylation sites (N-methyl/N-ethyl adjacent to an activating group) is 1. The average Bonchev–Trinajstić information content (AvgIpc) is 3.77. The molecular formula is C45H51ClN6O8. The summed E-state index contributed by atoms with van der Waals surface area (Å²) in [7, 11) is 3.29. The number of aldehydes is 1. The van der Waals surface area contributed by atoms with E-state index >= 15 is 0 Å². The molecule has 0 saturated heterocycles. The standard InChI is InChI=1S/C45H51ClN6O8/c1-25-21-30(22-26(2)39(25)46)60-19-9-13-32-31-11-7-12-33(37-27(3)49-50(6)28(37)4)40(31)51(41(32)45(57)58)16-10-18-59-20-15-29-23-34-38(35(47)24-29)44(56)52(43(34)55)36(14-8-17-53)42(54)48-5/h7,11-12,17,21-24,36H,8-10,13-16,18-20,47H2,1-6H3,(H,48,54)(H,57,58). The van der Waals surface area contributed by atoms with Crippen LogP contribution in [0.15, 0.2) is 42.5 Å². The Bertz CT molecular complexity index is 2480. The second kappa shape index (κ2) is 18.5. The van der Waals surface area contributed by atoms with Crippen molar-refractivity contribution in [1.82, 2.24) is 24.6 Å². The highest BCUT2D eigenvalue weighted by Crippen LogP contribution is 2.38. The van der Waals surface area contributed by atoms with Gasteiger partial charge in [-0.15, -0.1) is 0 Å². The quantitative estimate of drug-likeness (QED) is 0.0356. The normalized spacial score (nSPS) is 12.9. The minimum atomic E-state index is -1.15. The number of hydrogen-bond acceptors (Lipinski definition) is 9. The first-order valence-electron chi connectivity index (χ1n) is 20.0. The van der Waals surface area contributed by atoms with E-state index in [1.54, 1.807) is 12.1 Å². The van der Waals surface area contributed by atoms with Crippen LogP contribution in [-0.4, -0.2) is 87.2 Å². The van der Waals surface area contributed by atoms with Crippen molar-refractivity contribution in [3.8, 4) is 16.9 Å². The number of aromatic carboxylic acids is 1. The molecule has 14 nitrogen and oxygen atoms in total. The number of para-hydroxylation sites is 1. The number of aryl methyl sites for hydroxylation is 6. The third-order valence-electron chi connectivity index (χ3n) is 11.2. The summed E-state index contributed by atoms with van der Waals surface area (Å²) in [6.07, 6.45) is 2.55. The Kier molecular flexibility index (Phi) is 13.4. The van der Waals surface area contributed by atoms with E-state index in [0.29, 0.717) is 68.1 Å². The predicted octanol–water partition coefficient (Wildman–Crippen LogP) is 6.56. The van der Waals surface area contributed by atoms with Gasteiger partial charge in [-0.05, 0) is 106 Å². The lowest BCUT2D eigenvalue weighted by Crippen LogP contribution is -2.48. The summed E-state index contributed by atoms with van der Waals surface area (Å²) < 4.78 is 15.9. The van der Waals surface area contributed by atoms with Crippen LogP contribution in [0.4, 0.5) is 5.69 Å². The minimum Gasteiger partial charge on any atom is -0.494 e. The number of nitrogens with two attached hydrogens (primary N) is 1. The van der Waals surface area contributed by atoms with Gasteiger partial charge in [0.15, 0.2) is 0 Å². The number of benzene rings is 3. The van der Waals surface area contributed by atoms with Crippen molar-refractivity contribution < 1.29 is 38.6 Å². The molecule has 3 heterocycles. The van der Waals surface area contributed by atoms with Gasteiger partial charge in [-0.25, -0.2) is 4.79 Å². The van der Waals surface area contributed by atoms with Gasteiger partial charge in [0.25, 0.3) is 11.8 Å². The number of aromatic nitrogens is 3. The first kappa shape index (κ1) is 43.6. The van der Waals surface area contributed by atoms with Crippen LogP contribution in [0.25, 0.3) is 22.0 Å². The number of rotatable bonds is 19. The Balaban J connectivity index is 1.19. The molecule has 5 aromatic rings. The minimum absolute atomic E-state index is 0.00523. The molecule has 1 atom stereocenters. The average molecular weight is 839 g/mol. The van der Waals surface area contributed by atoms with E-state index in [1.807, 2.05) is 74.3 Å². The zero-order chi connectivity index (χ0) is 43.4. The molecule has 2 aromatic heterocycles. The summed E-state index contributed by atoms with van der Waals surface area (Å²) >= 11 is 6.36. The number of imide groups is 1. The molecule has 1 aliphatic heterocycles. The lowest BCUT2D eigenvalue weighted by molar-refractivity contribution is -0.124. The van der Waals surface area contributed by atoms with Crippen LogP contribution in [0.5, 0.6) is 5.75 Å². The molecule has 0 spiro atoms. The maximum atomic E-state index is 13.5. The molecule has 3 amide bonds. The van der Waals surface area contributed by atoms with Gasteiger partial charge in [0.05, 0.1) is 35.6 Å². The van der Waals surface area contributed by atoms with E-state index in [1.165, 1.54) is 7.05 Å². The zero-order valence-electron chi connectivity index (χ0n) is 34.8. The van der Waals surface area contributed by atoms with Crippen LogP contribution in [0.2, 0.25) is 5.02 Å². The van der Waals surface area contributed by atoms with Crippen molar-refractivity contribution in [2.24, 2.45) is 7.05 Å². The van der Waals surface area contributed by atoms with Crippen molar-refractivity contribution in [3.05, 3.63) is 97.9 Å². The lowest BCUT2D eigenvalue weighted by atomic mass is 9.98. The highest BCUT2D eigenvalue weighted by molar-refractivity contribution is 6.32. The molecule has 60 heavy (non-hydrogen) atoms. The Morgan fingerprint density at radius 2 is 1.70 bits per heavy atom. The Morgan fingerprint density at radius 1 is 0.967 bits per heavy atom. The molecule has 1 unspecified atom stereocenters. The fourth-order valence-corrected chi connectivity index (χ4v) is 8.39. The smallest absolute Gasteiger partial charge is 0.352 e. The summed E-state index contributed by atoms with van der Waals surface area (Å²) in [6.45, 7) is 9.15. The number of fused-ring (bicyclic) bond motifs is 2. The van der Waals surface area contributed by atoms with E-state index < -0.39 is 29.7 Å². The summed E-state index contributed by atoms with van der Waals surface area (Å²) in [5.74, 6) is -2.18. The van der Waals surface area contributed by atoms with Crippen molar-refractivity contribution in [2.75, 3.05) is 32.6 Å². The van der Waals surface area contributed by atoms with Gasteiger partial charge in [-0.1, -0.05) is 29.8 Å². The van der Waals surface area contributed by atoms with Gasteiger partial charge in [-0.3, -0.25) is 24.0 Å². The second-order valence-electron chi connectivity index (χ2n) is 15.2. The second-order valence-corrected chi connectivity index (χ2v) is 15.5. The number of carbonyl (C=O) groups excluding carboxylic acids is 4. The fraction of sp³-hybridized carbons (Fsp3) is 0.378. The van der Waals surface area contributed by atoms with Gasteiger partial charge in [0, 0.05) is 66.6 Å². The van der Waals surface area contributed by atoms with Crippen LogP contribution in [0.1, 0.15) is 90.5 Å². The molecule has 1 aliphatic rings. The van der Waals surface area contributed by atoms with E-state index in [-0.39, 0.29) is 42.0 Å². The summed E-state index contributed by atoms with van der Waals surface area (Å²) in [4.78, 5) is 64.5. The Morgan fingerprint density at radius 3 is 2.35 bits per heavy atom. The summed E-state index contributed by atoms with van der Waals surface area (Å²) in [5.41, 5.74) is 14.5. The van der Waals surface area contributed by atoms with Crippen LogP contribution in [-0.2, 0) is 40.8 Å². The first-order valence-corrected chi connectivity index (χ1v) is 20.4. The molecule has 3 aromatic carbocycles. The molecule has 6 rings (SSSR count). The topological polar surface area (TPSA) is 188 Å². The highest BCUT2D eigenvalue weighted by atomic mass is 35.5. The third kappa shape index (κ3) is 8.52. The van der Waals surface area contributed by atoms with E-state index in [9.17, 15) is 29.1 Å². The highest BCUT2D eigenvalue weighted by Gasteiger charge is 2.43. The molecule has 0 bridgehead atoms. The number of anilines is 1. The summed E-state index contributed by atoms with van der Waals surface area (Å²) in [5, 5.41) is 19.4. The Labute approximate surface area is 353 Å². The van der Waals surface area contributed by atoms with E-state index in [4.69, 9.17) is 26.8 Å².